The molecule has 5 aromatic rings. The highest BCUT2D eigenvalue weighted by molar-refractivity contribution is 5.94. The van der Waals surface area contributed by atoms with Crippen LogP contribution in [0.4, 0.5) is 0 Å². The van der Waals surface area contributed by atoms with Crippen molar-refractivity contribution in [3.63, 3.8) is 0 Å². The lowest BCUT2D eigenvalue weighted by Gasteiger charge is -2.11. The maximum Gasteiger partial charge on any atom is 0.153 e. The fourth-order valence-corrected chi connectivity index (χ4v) is 3.35. The van der Waals surface area contributed by atoms with Gasteiger partial charge in [-0.1, -0.05) is 36.4 Å². The molecule has 3 aromatic heterocycles. The lowest BCUT2D eigenvalue weighted by Crippen LogP contribution is -2.01. The number of rotatable bonds is 5. The van der Waals surface area contributed by atoms with Gasteiger partial charge in [-0.15, -0.1) is 0 Å². The number of hydrogen-bond acceptors (Lipinski definition) is 4. The first kappa shape index (κ1) is 17.1. The number of nitrogens with zero attached hydrogens (tertiary/aromatic N) is 4. The zero-order valence-corrected chi connectivity index (χ0v) is 15.6. The number of fused-ring (bicyclic) bond motifs is 1. The quantitative estimate of drug-likeness (QED) is 0.429. The molecule has 0 unspecified atom stereocenters. The maximum atomic E-state index is 5.96. The van der Waals surface area contributed by atoms with Gasteiger partial charge in [0.25, 0.3) is 0 Å². The summed E-state index contributed by atoms with van der Waals surface area (Å²) in [6.45, 7) is 0.526. The minimum atomic E-state index is 0.526. The Morgan fingerprint density at radius 3 is 2.52 bits per heavy atom. The summed E-state index contributed by atoms with van der Waals surface area (Å²) in [4.78, 5) is 8.96. The van der Waals surface area contributed by atoms with E-state index in [1.807, 2.05) is 77.6 Å². The van der Waals surface area contributed by atoms with Gasteiger partial charge >= 0.3 is 0 Å². The number of pyridine rings is 2. The molecule has 5 rings (SSSR count). The minimum absolute atomic E-state index is 0.526. The van der Waals surface area contributed by atoms with Crippen molar-refractivity contribution in [2.75, 3.05) is 0 Å². The zero-order chi connectivity index (χ0) is 19.5. The van der Waals surface area contributed by atoms with Crippen LogP contribution >= 0.6 is 0 Å². The second kappa shape index (κ2) is 7.56. The average molecular weight is 378 g/mol. The highest BCUT2D eigenvalue weighted by Gasteiger charge is 2.12. The Kier molecular flexibility index (Phi) is 4.47. The van der Waals surface area contributed by atoms with Gasteiger partial charge in [0.15, 0.2) is 5.82 Å². The molecular weight excluding hydrogens is 360 g/mol. The third-order valence-electron chi connectivity index (χ3n) is 4.75. The van der Waals surface area contributed by atoms with Crippen LogP contribution < -0.4 is 4.74 Å². The minimum Gasteiger partial charge on any atom is -0.489 e. The van der Waals surface area contributed by atoms with E-state index in [0.717, 1.165) is 39.3 Å². The third kappa shape index (κ3) is 3.46. The van der Waals surface area contributed by atoms with Gasteiger partial charge in [0.2, 0.25) is 0 Å². The van der Waals surface area contributed by atoms with E-state index in [4.69, 9.17) is 4.74 Å². The van der Waals surface area contributed by atoms with Crippen LogP contribution in [0, 0.1) is 0 Å². The van der Waals surface area contributed by atoms with Crippen LogP contribution in [-0.2, 0) is 6.61 Å². The first-order chi connectivity index (χ1) is 14.4. The molecule has 5 heteroatoms. The average Bonchev–Trinajstić information content (AvgIpc) is 3.28. The van der Waals surface area contributed by atoms with Crippen molar-refractivity contribution in [2.45, 2.75) is 6.61 Å². The second-order valence-corrected chi connectivity index (χ2v) is 6.63. The van der Waals surface area contributed by atoms with Gasteiger partial charge in [-0.2, -0.15) is 5.10 Å². The van der Waals surface area contributed by atoms with E-state index < -0.39 is 0 Å². The Balaban J connectivity index is 1.50. The summed E-state index contributed by atoms with van der Waals surface area (Å²) in [5, 5.41) is 5.50. The van der Waals surface area contributed by atoms with Gasteiger partial charge < -0.3 is 4.74 Å². The first-order valence-electron chi connectivity index (χ1n) is 9.40. The van der Waals surface area contributed by atoms with E-state index in [0.29, 0.717) is 6.61 Å². The molecule has 0 bridgehead atoms. The molecule has 0 N–H and O–H groups in total. The normalized spacial score (nSPS) is 10.9. The monoisotopic (exact) mass is 378 g/mol. The van der Waals surface area contributed by atoms with Crippen molar-refractivity contribution < 1.29 is 4.74 Å². The van der Waals surface area contributed by atoms with Crippen LogP contribution in [0.25, 0.3) is 28.0 Å². The first-order valence-corrected chi connectivity index (χ1v) is 9.40. The second-order valence-electron chi connectivity index (χ2n) is 6.63. The molecule has 0 spiro atoms. The smallest absolute Gasteiger partial charge is 0.153 e. The molecule has 0 radical (unpaired) electrons. The molecule has 0 aliphatic carbocycles. The van der Waals surface area contributed by atoms with Gasteiger partial charge in [0, 0.05) is 29.4 Å². The Labute approximate surface area is 168 Å². The largest absolute Gasteiger partial charge is 0.489 e. The fourth-order valence-electron chi connectivity index (χ4n) is 3.35. The van der Waals surface area contributed by atoms with Gasteiger partial charge in [0.1, 0.15) is 12.4 Å². The summed E-state index contributed by atoms with van der Waals surface area (Å²) >= 11 is 0. The van der Waals surface area contributed by atoms with Gasteiger partial charge in [-0.25, -0.2) is 9.67 Å². The summed E-state index contributed by atoms with van der Waals surface area (Å²) < 4.78 is 7.80. The van der Waals surface area contributed by atoms with E-state index in [-0.39, 0.29) is 0 Å². The molecule has 0 saturated heterocycles. The molecule has 29 heavy (non-hydrogen) atoms. The van der Waals surface area contributed by atoms with Crippen molar-refractivity contribution in [1.29, 1.82) is 0 Å². The van der Waals surface area contributed by atoms with Crippen molar-refractivity contribution >= 4 is 10.9 Å². The fraction of sp³-hybridized carbons (Fsp3) is 0.0417. The Bertz CT molecular complexity index is 1250. The Morgan fingerprint density at radius 1 is 0.759 bits per heavy atom. The number of benzene rings is 2. The van der Waals surface area contributed by atoms with Gasteiger partial charge in [0.05, 0.1) is 17.4 Å². The highest BCUT2D eigenvalue weighted by Crippen LogP contribution is 2.30. The lowest BCUT2D eigenvalue weighted by atomic mass is 10.1. The standard InChI is InChI=1S/C24H18N4O/c1-2-6-18(7-3-1)17-29-19-9-10-20-21(11-14-25-22(20)16-19)23-12-15-27-28(23)24-8-4-5-13-26-24/h1-16H,17H2. The number of ether oxygens (including phenoxy) is 1. The van der Waals surface area contributed by atoms with Crippen LogP contribution in [0.15, 0.2) is 97.5 Å². The zero-order valence-electron chi connectivity index (χ0n) is 15.6. The molecule has 0 atom stereocenters. The number of hydrogen-bond donors (Lipinski definition) is 0. The molecule has 0 amide bonds. The molecule has 140 valence electrons. The van der Waals surface area contributed by atoms with Crippen LogP contribution in [0.2, 0.25) is 0 Å². The lowest BCUT2D eigenvalue weighted by molar-refractivity contribution is 0.306. The molecule has 0 fully saturated rings. The van der Waals surface area contributed by atoms with Crippen LogP contribution in [-0.4, -0.2) is 19.7 Å². The third-order valence-corrected chi connectivity index (χ3v) is 4.75. The summed E-state index contributed by atoms with van der Waals surface area (Å²) in [5.74, 6) is 1.57. The van der Waals surface area contributed by atoms with Crippen molar-refractivity contribution in [1.82, 2.24) is 19.7 Å². The summed E-state index contributed by atoms with van der Waals surface area (Å²) in [5.41, 5.74) is 4.03. The van der Waals surface area contributed by atoms with E-state index >= 15 is 0 Å². The Morgan fingerprint density at radius 2 is 1.66 bits per heavy atom. The summed E-state index contributed by atoms with van der Waals surface area (Å²) in [6.07, 6.45) is 5.36. The van der Waals surface area contributed by atoms with Crippen LogP contribution in [0.5, 0.6) is 5.75 Å². The maximum absolute atomic E-state index is 5.96. The van der Waals surface area contributed by atoms with Gasteiger partial charge in [-0.3, -0.25) is 4.98 Å². The molecule has 0 saturated carbocycles. The van der Waals surface area contributed by atoms with Crippen LogP contribution in [0.3, 0.4) is 0 Å². The van der Waals surface area contributed by atoms with Crippen molar-refractivity contribution in [3.05, 3.63) is 103 Å². The highest BCUT2D eigenvalue weighted by atomic mass is 16.5. The van der Waals surface area contributed by atoms with Gasteiger partial charge in [-0.05, 0) is 42.0 Å². The molecular formula is C24H18N4O. The van der Waals surface area contributed by atoms with E-state index in [2.05, 4.69) is 27.2 Å². The topological polar surface area (TPSA) is 52.8 Å². The van der Waals surface area contributed by atoms with E-state index in [9.17, 15) is 0 Å². The SMILES string of the molecule is c1ccc(COc2ccc3c(-c4ccnn4-c4ccccn4)ccnc3c2)cc1. The molecule has 2 aromatic carbocycles. The van der Waals surface area contributed by atoms with E-state index in [1.54, 1.807) is 12.4 Å². The molecule has 0 aliphatic rings. The Hall–Kier alpha value is -3.99. The van der Waals surface area contributed by atoms with E-state index in [1.165, 1.54) is 0 Å². The van der Waals surface area contributed by atoms with Crippen LogP contribution in [0.1, 0.15) is 5.56 Å². The summed E-state index contributed by atoms with van der Waals surface area (Å²) in [6, 6.07) is 25.9. The molecule has 5 nitrogen and oxygen atoms in total. The van der Waals surface area contributed by atoms with Crippen molar-refractivity contribution in [2.24, 2.45) is 0 Å². The molecule has 0 aliphatic heterocycles. The number of aromatic nitrogens is 4. The predicted molar refractivity (Wildman–Crippen MR) is 113 cm³/mol. The molecule has 3 heterocycles. The van der Waals surface area contributed by atoms with Crippen molar-refractivity contribution in [3.8, 4) is 22.8 Å². The summed E-state index contributed by atoms with van der Waals surface area (Å²) in [7, 11) is 0. The predicted octanol–water partition coefficient (Wildman–Crippen LogP) is 5.06.